The van der Waals surface area contributed by atoms with E-state index in [1.807, 2.05) is 19.9 Å². The van der Waals surface area contributed by atoms with Gasteiger partial charge in [-0.15, -0.1) is 0 Å². The van der Waals surface area contributed by atoms with Crippen molar-refractivity contribution in [1.82, 2.24) is 9.80 Å². The van der Waals surface area contributed by atoms with Gasteiger partial charge in [-0.3, -0.25) is 4.90 Å². The van der Waals surface area contributed by atoms with E-state index in [-0.39, 0.29) is 18.1 Å². The maximum atomic E-state index is 11.7. The maximum Gasteiger partial charge on any atom is 0.409 e. The molecule has 0 aromatic heterocycles. The van der Waals surface area contributed by atoms with Crippen molar-refractivity contribution in [2.24, 2.45) is 0 Å². The number of amides is 1. The van der Waals surface area contributed by atoms with E-state index in [1.54, 1.807) is 4.90 Å². The molecule has 2 rings (SSSR count). The quantitative estimate of drug-likeness (QED) is 0.825. The highest BCUT2D eigenvalue weighted by molar-refractivity contribution is 5.67. The zero-order chi connectivity index (χ0) is 20.0. The lowest BCUT2D eigenvalue weighted by Gasteiger charge is -2.34. The lowest BCUT2D eigenvalue weighted by Crippen LogP contribution is -2.51. The highest BCUT2D eigenvalue weighted by Gasteiger charge is 2.23. The summed E-state index contributed by atoms with van der Waals surface area (Å²) in [7, 11) is 0. The van der Waals surface area contributed by atoms with Gasteiger partial charge in [0.05, 0.1) is 6.61 Å². The Labute approximate surface area is 163 Å². The van der Waals surface area contributed by atoms with Crippen LogP contribution >= 0.6 is 0 Å². The zero-order valence-corrected chi connectivity index (χ0v) is 17.3. The molecule has 1 amide bonds. The molecule has 6 heteroatoms. The van der Waals surface area contributed by atoms with Crippen LogP contribution in [0.5, 0.6) is 5.75 Å². The van der Waals surface area contributed by atoms with Crippen LogP contribution in [0.15, 0.2) is 18.2 Å². The van der Waals surface area contributed by atoms with Crippen LogP contribution in [0.2, 0.25) is 0 Å². The van der Waals surface area contributed by atoms with Crippen LogP contribution in [0.3, 0.4) is 0 Å². The summed E-state index contributed by atoms with van der Waals surface area (Å²) in [5, 5.41) is 10.3. The molecule has 0 radical (unpaired) electrons. The number of rotatable bonds is 6. The topological polar surface area (TPSA) is 62.2 Å². The lowest BCUT2D eigenvalue weighted by atomic mass is 9.86. The van der Waals surface area contributed by atoms with Gasteiger partial charge in [-0.05, 0) is 36.5 Å². The fourth-order valence-electron chi connectivity index (χ4n) is 3.14. The predicted molar refractivity (Wildman–Crippen MR) is 106 cm³/mol. The van der Waals surface area contributed by atoms with Crippen LogP contribution in [0.1, 0.15) is 38.8 Å². The van der Waals surface area contributed by atoms with Crippen molar-refractivity contribution < 1.29 is 19.4 Å². The number of aryl methyl sites for hydroxylation is 1. The first-order valence-corrected chi connectivity index (χ1v) is 9.76. The summed E-state index contributed by atoms with van der Waals surface area (Å²) in [6.07, 6.45) is -0.823. The van der Waals surface area contributed by atoms with E-state index in [2.05, 4.69) is 37.8 Å². The van der Waals surface area contributed by atoms with Crippen molar-refractivity contribution in [3.05, 3.63) is 29.3 Å². The minimum atomic E-state index is -0.569. The van der Waals surface area contributed by atoms with E-state index in [0.717, 1.165) is 24.4 Å². The van der Waals surface area contributed by atoms with E-state index in [0.29, 0.717) is 26.2 Å². The highest BCUT2D eigenvalue weighted by Crippen LogP contribution is 2.27. The van der Waals surface area contributed by atoms with E-state index < -0.39 is 6.10 Å². The molecule has 1 N–H and O–H groups in total. The van der Waals surface area contributed by atoms with Crippen molar-refractivity contribution in [3.8, 4) is 5.75 Å². The molecule has 0 aliphatic carbocycles. The molecule has 152 valence electrons. The third-order valence-corrected chi connectivity index (χ3v) is 4.84. The molecule has 1 fully saturated rings. The fourth-order valence-corrected chi connectivity index (χ4v) is 3.14. The number of hydrogen-bond acceptors (Lipinski definition) is 5. The van der Waals surface area contributed by atoms with Crippen molar-refractivity contribution in [1.29, 1.82) is 0 Å². The first-order chi connectivity index (χ1) is 12.7. The third kappa shape index (κ3) is 6.40. The van der Waals surface area contributed by atoms with Gasteiger partial charge >= 0.3 is 6.09 Å². The minimum Gasteiger partial charge on any atom is -0.491 e. The summed E-state index contributed by atoms with van der Waals surface area (Å²) in [6, 6.07) is 6.22. The number of piperazine rings is 1. The van der Waals surface area contributed by atoms with Crippen LogP contribution in [-0.2, 0) is 10.2 Å². The van der Waals surface area contributed by atoms with Gasteiger partial charge in [0.25, 0.3) is 0 Å². The summed E-state index contributed by atoms with van der Waals surface area (Å²) in [6.45, 7) is 14.3. The second-order valence-electron chi connectivity index (χ2n) is 8.18. The molecule has 1 heterocycles. The average molecular weight is 379 g/mol. The van der Waals surface area contributed by atoms with Gasteiger partial charge in [0.1, 0.15) is 18.5 Å². The SMILES string of the molecule is CCOC(=O)N1CCN(CC(O)COc2ccc(C(C)(C)C)cc2C)CC1. The van der Waals surface area contributed by atoms with Gasteiger partial charge in [0.15, 0.2) is 0 Å². The Bertz CT molecular complexity index is 619. The Hall–Kier alpha value is -1.79. The normalized spacial score (nSPS) is 16.9. The number of nitrogens with zero attached hydrogens (tertiary/aromatic N) is 2. The number of ether oxygens (including phenoxy) is 2. The van der Waals surface area contributed by atoms with E-state index >= 15 is 0 Å². The van der Waals surface area contributed by atoms with E-state index in [1.165, 1.54) is 5.56 Å². The Morgan fingerprint density at radius 3 is 2.44 bits per heavy atom. The van der Waals surface area contributed by atoms with Gasteiger partial charge in [0.2, 0.25) is 0 Å². The second-order valence-corrected chi connectivity index (χ2v) is 8.18. The second kappa shape index (κ2) is 9.42. The van der Waals surface area contributed by atoms with Gasteiger partial charge in [-0.1, -0.05) is 32.9 Å². The summed E-state index contributed by atoms with van der Waals surface area (Å²) in [5.41, 5.74) is 2.46. The number of carbonyl (C=O) groups excluding carboxylic acids is 1. The summed E-state index contributed by atoms with van der Waals surface area (Å²) >= 11 is 0. The van der Waals surface area contributed by atoms with Crippen LogP contribution in [0.25, 0.3) is 0 Å². The Morgan fingerprint density at radius 2 is 1.89 bits per heavy atom. The molecule has 1 unspecified atom stereocenters. The average Bonchev–Trinajstić information content (AvgIpc) is 2.60. The van der Waals surface area contributed by atoms with Crippen molar-refractivity contribution in [2.45, 2.75) is 46.1 Å². The third-order valence-electron chi connectivity index (χ3n) is 4.84. The molecule has 1 saturated heterocycles. The first kappa shape index (κ1) is 21.5. The van der Waals surface area contributed by atoms with Gasteiger partial charge in [-0.2, -0.15) is 0 Å². The van der Waals surface area contributed by atoms with Crippen molar-refractivity contribution in [3.63, 3.8) is 0 Å². The monoisotopic (exact) mass is 378 g/mol. The molecule has 27 heavy (non-hydrogen) atoms. The molecule has 1 aromatic rings. The van der Waals surface area contributed by atoms with Gasteiger partial charge in [-0.25, -0.2) is 4.79 Å². The number of benzene rings is 1. The van der Waals surface area contributed by atoms with Crippen LogP contribution in [0, 0.1) is 6.92 Å². The standard InChI is InChI=1S/C21H34N2O4/c1-6-26-20(25)23-11-9-22(10-12-23)14-18(24)15-27-19-8-7-17(13-16(19)2)21(3,4)5/h7-8,13,18,24H,6,9-12,14-15H2,1-5H3. The van der Waals surface area contributed by atoms with Crippen LogP contribution in [-0.4, -0.2) is 73.0 Å². The predicted octanol–water partition coefficient (Wildman–Crippen LogP) is 2.81. The molecular formula is C21H34N2O4. The number of β-amino-alcohol motifs (C(OH)–C–C–N with tert-alkyl or cyclic N) is 1. The number of carbonyl (C=O) groups is 1. The van der Waals surface area contributed by atoms with Crippen molar-refractivity contribution >= 4 is 6.09 Å². The zero-order valence-electron chi connectivity index (χ0n) is 17.3. The molecule has 0 saturated carbocycles. The molecule has 0 spiro atoms. The van der Waals surface area contributed by atoms with Crippen LogP contribution < -0.4 is 4.74 Å². The lowest BCUT2D eigenvalue weighted by molar-refractivity contribution is 0.0406. The highest BCUT2D eigenvalue weighted by atomic mass is 16.6. The van der Waals surface area contributed by atoms with Crippen molar-refractivity contribution in [2.75, 3.05) is 45.9 Å². The largest absolute Gasteiger partial charge is 0.491 e. The number of aliphatic hydroxyl groups is 1. The molecular weight excluding hydrogens is 344 g/mol. The number of hydrogen-bond donors (Lipinski definition) is 1. The number of aliphatic hydroxyl groups excluding tert-OH is 1. The Morgan fingerprint density at radius 1 is 1.22 bits per heavy atom. The molecule has 0 bridgehead atoms. The summed E-state index contributed by atoms with van der Waals surface area (Å²) in [4.78, 5) is 15.6. The van der Waals surface area contributed by atoms with Gasteiger partial charge in [0, 0.05) is 32.7 Å². The van der Waals surface area contributed by atoms with E-state index in [9.17, 15) is 9.90 Å². The Kier molecular flexibility index (Phi) is 7.50. The Balaban J connectivity index is 1.77. The fraction of sp³-hybridized carbons (Fsp3) is 0.667. The molecule has 1 aliphatic heterocycles. The molecule has 1 aliphatic rings. The maximum absolute atomic E-state index is 11.7. The summed E-state index contributed by atoms with van der Waals surface area (Å²) < 4.78 is 10.9. The van der Waals surface area contributed by atoms with Crippen LogP contribution in [0.4, 0.5) is 4.79 Å². The van der Waals surface area contributed by atoms with E-state index in [4.69, 9.17) is 9.47 Å². The smallest absolute Gasteiger partial charge is 0.409 e. The first-order valence-electron chi connectivity index (χ1n) is 9.76. The molecule has 6 nitrogen and oxygen atoms in total. The summed E-state index contributed by atoms with van der Waals surface area (Å²) in [5.74, 6) is 0.814. The molecule has 1 atom stereocenters. The minimum absolute atomic E-state index is 0.106. The molecule has 1 aromatic carbocycles. The van der Waals surface area contributed by atoms with Gasteiger partial charge < -0.3 is 19.5 Å².